The van der Waals surface area contributed by atoms with Crippen LogP contribution in [0.2, 0.25) is 5.02 Å². The first-order valence-corrected chi connectivity index (χ1v) is 9.73. The summed E-state index contributed by atoms with van der Waals surface area (Å²) in [7, 11) is 1.30. The summed E-state index contributed by atoms with van der Waals surface area (Å²) in [6.07, 6.45) is 1.26. The topological polar surface area (TPSA) is 106 Å². The molecule has 0 atom stereocenters. The number of fused-ring (bicyclic) bond motifs is 1. The summed E-state index contributed by atoms with van der Waals surface area (Å²) in [5.74, 6) is -1.21. The van der Waals surface area contributed by atoms with Gasteiger partial charge >= 0.3 is 5.69 Å². The largest absolute Gasteiger partial charge is 0.494 e. The van der Waals surface area contributed by atoms with E-state index in [1.54, 1.807) is 4.90 Å². The smallest absolute Gasteiger partial charge is 0.307 e. The van der Waals surface area contributed by atoms with Crippen molar-refractivity contribution in [3.63, 3.8) is 0 Å². The van der Waals surface area contributed by atoms with E-state index in [9.17, 15) is 18.9 Å². The van der Waals surface area contributed by atoms with E-state index in [0.717, 1.165) is 17.7 Å². The van der Waals surface area contributed by atoms with Crippen LogP contribution in [0, 0.1) is 21.7 Å². The van der Waals surface area contributed by atoms with Crippen molar-refractivity contribution < 1.29 is 18.4 Å². The number of methoxy groups -OCH3 is 1. The molecule has 4 rings (SSSR count). The number of hydrogen-bond acceptors (Lipinski definition) is 8. The maximum absolute atomic E-state index is 14.1. The number of hydrogen-bond donors (Lipinski definition) is 1. The quantitative estimate of drug-likeness (QED) is 0.422. The molecule has 2 heterocycles. The highest BCUT2D eigenvalue weighted by Crippen LogP contribution is 2.45. The van der Waals surface area contributed by atoms with Crippen molar-refractivity contribution in [2.45, 2.75) is 19.3 Å². The Morgan fingerprint density at radius 2 is 1.97 bits per heavy atom. The molecular formula is C20H17ClF2N6O3. The Morgan fingerprint density at radius 1 is 1.22 bits per heavy atom. The van der Waals surface area contributed by atoms with E-state index in [-0.39, 0.29) is 28.4 Å². The van der Waals surface area contributed by atoms with Crippen LogP contribution in [-0.2, 0) is 5.41 Å². The molecule has 0 radical (unpaired) electrons. The second-order valence-corrected chi connectivity index (χ2v) is 8.16. The summed E-state index contributed by atoms with van der Waals surface area (Å²) in [5, 5.41) is 13.9. The zero-order valence-electron chi connectivity index (χ0n) is 17.2. The average molecular weight is 463 g/mol. The molecule has 0 saturated carbocycles. The van der Waals surface area contributed by atoms with Crippen LogP contribution in [-0.4, -0.2) is 33.5 Å². The van der Waals surface area contributed by atoms with Gasteiger partial charge in [-0.05, 0) is 17.7 Å². The van der Waals surface area contributed by atoms with E-state index in [1.165, 1.54) is 25.6 Å². The molecule has 2 aromatic carbocycles. The van der Waals surface area contributed by atoms with Crippen LogP contribution in [0.3, 0.4) is 0 Å². The van der Waals surface area contributed by atoms with Crippen LogP contribution in [0.1, 0.15) is 19.4 Å². The SMILES string of the molecule is COc1cc(F)c([N+](=O)[O-])cc1Nc1ncnc(N2CC(C)(C)c3cc(F)c(Cl)cc32)n1. The first-order valence-electron chi connectivity index (χ1n) is 9.36. The molecule has 0 saturated heterocycles. The Hall–Kier alpha value is -3.60. The number of nitro benzene ring substituents is 1. The fraction of sp³-hybridized carbons (Fsp3) is 0.250. The third-order valence-corrected chi connectivity index (χ3v) is 5.41. The van der Waals surface area contributed by atoms with Crippen molar-refractivity contribution >= 4 is 40.6 Å². The molecular weight excluding hydrogens is 446 g/mol. The van der Waals surface area contributed by atoms with Gasteiger partial charge in [-0.1, -0.05) is 25.4 Å². The minimum absolute atomic E-state index is 0.0257. The number of nitrogens with one attached hydrogen (secondary N) is 1. The molecule has 0 aliphatic carbocycles. The highest BCUT2D eigenvalue weighted by atomic mass is 35.5. The first kappa shape index (κ1) is 21.6. The Kier molecular flexibility index (Phi) is 5.29. The van der Waals surface area contributed by atoms with Gasteiger partial charge in [-0.15, -0.1) is 0 Å². The minimum atomic E-state index is -1.03. The predicted octanol–water partition coefficient (Wildman–Crippen LogP) is 4.89. The van der Waals surface area contributed by atoms with Gasteiger partial charge in [-0.2, -0.15) is 9.37 Å². The standard InChI is InChI=1S/C20H17ClF2N6O3/c1-20(2)8-28(15-5-11(21)12(22)4-10(15)20)19-25-9-24-18(27-19)26-14-7-16(29(30)31)13(23)6-17(14)32-3/h4-7,9H,8H2,1-3H3,(H,24,25,26,27). The normalized spacial score (nSPS) is 14.2. The van der Waals surface area contributed by atoms with Crippen molar-refractivity contribution in [2.24, 2.45) is 0 Å². The summed E-state index contributed by atoms with van der Waals surface area (Å²) in [6, 6.07) is 4.82. The molecule has 0 unspecified atom stereocenters. The van der Waals surface area contributed by atoms with Crippen LogP contribution < -0.4 is 15.0 Å². The van der Waals surface area contributed by atoms with E-state index in [2.05, 4.69) is 20.3 Å². The molecule has 0 fully saturated rings. The molecule has 0 amide bonds. The lowest BCUT2D eigenvalue weighted by Crippen LogP contribution is -2.26. The molecule has 9 nitrogen and oxygen atoms in total. The lowest BCUT2D eigenvalue weighted by Gasteiger charge is -2.21. The average Bonchev–Trinajstić information content (AvgIpc) is 2.99. The number of rotatable bonds is 5. The van der Waals surface area contributed by atoms with Crippen molar-refractivity contribution in [1.82, 2.24) is 15.0 Å². The van der Waals surface area contributed by atoms with E-state index in [4.69, 9.17) is 16.3 Å². The molecule has 0 spiro atoms. The lowest BCUT2D eigenvalue weighted by atomic mass is 9.87. The third-order valence-electron chi connectivity index (χ3n) is 5.12. The molecule has 1 aromatic heterocycles. The van der Waals surface area contributed by atoms with Crippen LogP contribution in [0.4, 0.5) is 37.7 Å². The van der Waals surface area contributed by atoms with Gasteiger partial charge in [0, 0.05) is 29.8 Å². The molecule has 1 aliphatic heterocycles. The molecule has 3 aromatic rings. The molecule has 1 aliphatic rings. The summed E-state index contributed by atoms with van der Waals surface area (Å²) in [6.45, 7) is 4.38. The molecule has 1 N–H and O–H groups in total. The zero-order chi connectivity index (χ0) is 23.2. The van der Waals surface area contributed by atoms with Crippen LogP contribution in [0.5, 0.6) is 5.75 Å². The van der Waals surface area contributed by atoms with E-state index < -0.39 is 27.7 Å². The van der Waals surface area contributed by atoms with E-state index in [0.29, 0.717) is 12.2 Å². The number of benzene rings is 2. The fourth-order valence-electron chi connectivity index (χ4n) is 3.59. The maximum Gasteiger partial charge on any atom is 0.307 e. The first-order chi connectivity index (χ1) is 15.1. The second kappa shape index (κ2) is 7.83. The molecule has 0 bridgehead atoms. The summed E-state index contributed by atoms with van der Waals surface area (Å²) < 4.78 is 33.1. The van der Waals surface area contributed by atoms with Gasteiger partial charge in [0.15, 0.2) is 0 Å². The second-order valence-electron chi connectivity index (χ2n) is 7.75. The summed E-state index contributed by atoms with van der Waals surface area (Å²) >= 11 is 6.00. The van der Waals surface area contributed by atoms with E-state index >= 15 is 0 Å². The number of nitro groups is 1. The number of ether oxygens (including phenoxy) is 1. The van der Waals surface area contributed by atoms with Gasteiger partial charge in [-0.3, -0.25) is 10.1 Å². The van der Waals surface area contributed by atoms with Gasteiger partial charge < -0.3 is 15.0 Å². The fourth-order valence-corrected chi connectivity index (χ4v) is 3.75. The van der Waals surface area contributed by atoms with Crippen molar-refractivity contribution in [3.05, 3.63) is 62.9 Å². The predicted molar refractivity (Wildman–Crippen MR) is 114 cm³/mol. The Morgan fingerprint density at radius 3 is 2.66 bits per heavy atom. The molecule has 166 valence electrons. The van der Waals surface area contributed by atoms with Crippen LogP contribution in [0.15, 0.2) is 30.6 Å². The van der Waals surface area contributed by atoms with Crippen LogP contribution >= 0.6 is 11.6 Å². The lowest BCUT2D eigenvalue weighted by molar-refractivity contribution is -0.387. The van der Waals surface area contributed by atoms with Crippen molar-refractivity contribution in [2.75, 3.05) is 23.9 Å². The number of nitrogens with zero attached hydrogens (tertiary/aromatic N) is 5. The third kappa shape index (κ3) is 3.75. The number of anilines is 4. The van der Waals surface area contributed by atoms with Crippen molar-refractivity contribution in [3.8, 4) is 5.75 Å². The van der Waals surface area contributed by atoms with Gasteiger partial charge in [0.1, 0.15) is 17.9 Å². The highest BCUT2D eigenvalue weighted by Gasteiger charge is 2.38. The minimum Gasteiger partial charge on any atom is -0.494 e. The maximum atomic E-state index is 14.1. The van der Waals surface area contributed by atoms with Gasteiger partial charge in [0.2, 0.25) is 17.7 Å². The highest BCUT2D eigenvalue weighted by molar-refractivity contribution is 6.31. The molecule has 12 heteroatoms. The van der Waals surface area contributed by atoms with Gasteiger partial charge in [-0.25, -0.2) is 14.4 Å². The zero-order valence-corrected chi connectivity index (χ0v) is 17.9. The Bertz CT molecular complexity index is 1240. The number of aromatic nitrogens is 3. The van der Waals surface area contributed by atoms with E-state index in [1.807, 2.05) is 13.8 Å². The summed E-state index contributed by atoms with van der Waals surface area (Å²) in [4.78, 5) is 24.7. The number of halogens is 3. The monoisotopic (exact) mass is 462 g/mol. The Balaban J connectivity index is 1.72. The van der Waals surface area contributed by atoms with Gasteiger partial charge in [0.05, 0.1) is 22.7 Å². The van der Waals surface area contributed by atoms with Crippen LogP contribution in [0.25, 0.3) is 0 Å². The molecule has 32 heavy (non-hydrogen) atoms. The van der Waals surface area contributed by atoms with Crippen molar-refractivity contribution in [1.29, 1.82) is 0 Å². The summed E-state index contributed by atoms with van der Waals surface area (Å²) in [5.41, 5.74) is 0.389. The Labute approximate surface area is 186 Å². The van der Waals surface area contributed by atoms with Gasteiger partial charge in [0.25, 0.3) is 0 Å².